The monoisotopic (exact) mass is 347 g/mol. The van der Waals surface area contributed by atoms with Crippen LogP contribution in [0, 0.1) is 28.6 Å². The van der Waals surface area contributed by atoms with Crippen LogP contribution in [-0.2, 0) is 9.59 Å². The van der Waals surface area contributed by atoms with Gasteiger partial charge in [-0.15, -0.1) is 0 Å². The first-order valence-corrected chi connectivity index (χ1v) is 10.5. The van der Waals surface area contributed by atoms with Crippen molar-refractivity contribution in [3.63, 3.8) is 0 Å². The molecule has 1 heterocycles. The number of nitrogens with zero attached hydrogens (tertiary/aromatic N) is 1. The van der Waals surface area contributed by atoms with E-state index in [0.717, 1.165) is 25.7 Å². The molecule has 3 rings (SSSR count). The van der Waals surface area contributed by atoms with E-state index in [2.05, 4.69) is 25.7 Å². The van der Waals surface area contributed by atoms with Crippen molar-refractivity contribution in [2.24, 2.45) is 28.6 Å². The number of Topliss-reactive ketones (excluding diaryl/α,β-unsaturated/α-hetero) is 1. The van der Waals surface area contributed by atoms with E-state index >= 15 is 0 Å². The van der Waals surface area contributed by atoms with Gasteiger partial charge in [-0.2, -0.15) is 0 Å². The molecule has 0 N–H and O–H groups in total. The van der Waals surface area contributed by atoms with Crippen molar-refractivity contribution in [1.82, 2.24) is 4.90 Å². The molecule has 0 radical (unpaired) electrons. The molecule has 3 nitrogen and oxygen atoms in total. The number of carbonyl (C=O) groups is 2. The van der Waals surface area contributed by atoms with E-state index in [0.29, 0.717) is 36.0 Å². The lowest BCUT2D eigenvalue weighted by molar-refractivity contribution is -0.146. The van der Waals surface area contributed by atoms with Gasteiger partial charge in [-0.1, -0.05) is 27.2 Å². The van der Waals surface area contributed by atoms with Gasteiger partial charge in [0.25, 0.3) is 0 Å². The van der Waals surface area contributed by atoms with E-state index < -0.39 is 0 Å². The number of carbonyl (C=O) groups excluding carboxylic acids is 2. The van der Waals surface area contributed by atoms with Crippen LogP contribution in [0.1, 0.15) is 85.5 Å². The lowest BCUT2D eigenvalue weighted by Gasteiger charge is -2.55. The Kier molecular flexibility index (Phi) is 5.07. The molecule has 0 spiro atoms. The Bertz CT molecular complexity index is 544. The highest BCUT2D eigenvalue weighted by atomic mass is 16.2. The fraction of sp³-hybridized carbons (Fsp3) is 0.909. The predicted molar refractivity (Wildman–Crippen MR) is 101 cm³/mol. The molecule has 1 aliphatic heterocycles. The summed E-state index contributed by atoms with van der Waals surface area (Å²) < 4.78 is 0. The second-order valence-corrected chi connectivity index (χ2v) is 9.73. The van der Waals surface area contributed by atoms with Gasteiger partial charge in [0, 0.05) is 25.4 Å². The highest BCUT2D eigenvalue weighted by Crippen LogP contribution is 2.61. The quantitative estimate of drug-likeness (QED) is 0.730. The molecule has 2 aliphatic carbocycles. The Balaban J connectivity index is 1.81. The molecule has 142 valence electrons. The largest absolute Gasteiger partial charge is 0.342 e. The third-order valence-corrected chi connectivity index (χ3v) is 8.62. The highest BCUT2D eigenvalue weighted by molar-refractivity contribution is 5.79. The number of hydrogen-bond donors (Lipinski definition) is 0. The zero-order chi connectivity index (χ0) is 18.4. The van der Waals surface area contributed by atoms with Crippen molar-refractivity contribution in [2.45, 2.75) is 91.5 Å². The van der Waals surface area contributed by atoms with Gasteiger partial charge in [-0.05, 0) is 74.5 Å². The Morgan fingerprint density at radius 3 is 2.44 bits per heavy atom. The molecule has 2 saturated carbocycles. The molecule has 3 fully saturated rings. The second-order valence-electron chi connectivity index (χ2n) is 9.73. The Morgan fingerprint density at radius 2 is 1.80 bits per heavy atom. The van der Waals surface area contributed by atoms with Crippen LogP contribution in [0.3, 0.4) is 0 Å². The third kappa shape index (κ3) is 2.96. The smallest absolute Gasteiger partial charge is 0.222 e. The zero-order valence-corrected chi connectivity index (χ0v) is 16.9. The fourth-order valence-electron chi connectivity index (χ4n) is 6.90. The van der Waals surface area contributed by atoms with Crippen LogP contribution in [0.4, 0.5) is 0 Å². The van der Waals surface area contributed by atoms with Crippen molar-refractivity contribution in [1.29, 1.82) is 0 Å². The summed E-state index contributed by atoms with van der Waals surface area (Å²) in [6.45, 7) is 8.88. The van der Waals surface area contributed by atoms with Gasteiger partial charge < -0.3 is 4.90 Å². The Morgan fingerprint density at radius 1 is 1.12 bits per heavy atom. The van der Waals surface area contributed by atoms with Gasteiger partial charge in [-0.3, -0.25) is 9.59 Å². The van der Waals surface area contributed by atoms with Gasteiger partial charge >= 0.3 is 0 Å². The number of likely N-dealkylation sites (tertiary alicyclic amines) is 1. The van der Waals surface area contributed by atoms with E-state index in [1.54, 1.807) is 6.92 Å². The van der Waals surface area contributed by atoms with E-state index in [-0.39, 0.29) is 16.7 Å². The predicted octanol–water partition coefficient (Wildman–Crippen LogP) is 4.84. The molecule has 0 aromatic heterocycles. The molecule has 3 heteroatoms. The summed E-state index contributed by atoms with van der Waals surface area (Å²) in [4.78, 5) is 26.5. The molecular formula is C22H37NO2. The van der Waals surface area contributed by atoms with Crippen molar-refractivity contribution in [2.75, 3.05) is 7.05 Å². The zero-order valence-electron chi connectivity index (χ0n) is 16.9. The van der Waals surface area contributed by atoms with Crippen molar-refractivity contribution >= 4 is 11.7 Å². The minimum Gasteiger partial charge on any atom is -0.342 e. The summed E-state index contributed by atoms with van der Waals surface area (Å²) in [5, 5.41) is 0. The van der Waals surface area contributed by atoms with Gasteiger partial charge in [0.2, 0.25) is 5.91 Å². The molecule has 1 amide bonds. The molecule has 0 aromatic carbocycles. The number of rotatable bonds is 4. The van der Waals surface area contributed by atoms with Crippen molar-refractivity contribution < 1.29 is 9.59 Å². The standard InChI is InChI=1S/C22H37NO2/c1-6-7-19-22(4,13-11-20(25)23(19)5)17-10-12-21(3)16(14-17)8-9-18(21)15(2)24/h16-19H,6-14H2,1-5H3/t16?,17?,18?,19-,21?,22?/m1/s1. The van der Waals surface area contributed by atoms with Crippen LogP contribution in [0.5, 0.6) is 0 Å². The van der Waals surface area contributed by atoms with Gasteiger partial charge in [0.1, 0.15) is 5.78 Å². The molecule has 5 unspecified atom stereocenters. The minimum absolute atomic E-state index is 0.231. The molecule has 3 aliphatic rings. The van der Waals surface area contributed by atoms with Crippen LogP contribution in [-0.4, -0.2) is 29.7 Å². The average molecular weight is 348 g/mol. The maximum Gasteiger partial charge on any atom is 0.222 e. The summed E-state index contributed by atoms with van der Waals surface area (Å²) in [5.74, 6) is 2.41. The SMILES string of the molecule is CCC[C@H]1N(C)C(=O)CCC1(C)C1CCC2(C)C(CCC2C(C)=O)C1. The van der Waals surface area contributed by atoms with Gasteiger partial charge in [-0.25, -0.2) is 0 Å². The first kappa shape index (κ1) is 18.9. The van der Waals surface area contributed by atoms with E-state index in [1.807, 2.05) is 7.05 Å². The first-order chi connectivity index (χ1) is 11.7. The van der Waals surface area contributed by atoms with Crippen LogP contribution >= 0.6 is 0 Å². The number of fused-ring (bicyclic) bond motifs is 1. The molecule has 25 heavy (non-hydrogen) atoms. The molecular weight excluding hydrogens is 310 g/mol. The summed E-state index contributed by atoms with van der Waals surface area (Å²) in [7, 11) is 2.02. The number of ketones is 1. The molecule has 0 aromatic rings. The normalized spacial score (nSPS) is 44.7. The van der Waals surface area contributed by atoms with Crippen LogP contribution in [0.15, 0.2) is 0 Å². The molecule has 0 bridgehead atoms. The average Bonchev–Trinajstić information content (AvgIpc) is 2.91. The fourth-order valence-corrected chi connectivity index (χ4v) is 6.90. The minimum atomic E-state index is 0.231. The summed E-state index contributed by atoms with van der Waals surface area (Å²) in [6.07, 6.45) is 10.0. The van der Waals surface area contributed by atoms with Gasteiger partial charge in [0.05, 0.1) is 0 Å². The second kappa shape index (κ2) is 6.70. The van der Waals surface area contributed by atoms with Gasteiger partial charge in [0.15, 0.2) is 0 Å². The van der Waals surface area contributed by atoms with E-state index in [1.165, 1.54) is 25.7 Å². The number of hydrogen-bond acceptors (Lipinski definition) is 2. The first-order valence-electron chi connectivity index (χ1n) is 10.5. The van der Waals surface area contributed by atoms with Crippen LogP contribution < -0.4 is 0 Å². The lowest BCUT2D eigenvalue weighted by atomic mass is 9.54. The summed E-state index contributed by atoms with van der Waals surface area (Å²) in [5.41, 5.74) is 0.476. The lowest BCUT2D eigenvalue weighted by Crippen LogP contribution is -2.56. The van der Waals surface area contributed by atoms with Crippen LogP contribution in [0.2, 0.25) is 0 Å². The van der Waals surface area contributed by atoms with Crippen molar-refractivity contribution in [3.05, 3.63) is 0 Å². The maximum absolute atomic E-state index is 12.3. The van der Waals surface area contributed by atoms with E-state index in [9.17, 15) is 9.59 Å². The molecule has 1 saturated heterocycles. The Labute approximate surface area is 153 Å². The maximum atomic E-state index is 12.3. The Hall–Kier alpha value is -0.860. The van der Waals surface area contributed by atoms with Crippen LogP contribution in [0.25, 0.3) is 0 Å². The summed E-state index contributed by atoms with van der Waals surface area (Å²) in [6, 6.07) is 0.387. The summed E-state index contributed by atoms with van der Waals surface area (Å²) >= 11 is 0. The van der Waals surface area contributed by atoms with E-state index in [4.69, 9.17) is 0 Å². The third-order valence-electron chi connectivity index (χ3n) is 8.62. The molecule has 6 atom stereocenters. The topological polar surface area (TPSA) is 37.4 Å². The number of amides is 1. The number of piperidine rings is 1. The highest BCUT2D eigenvalue weighted by Gasteiger charge is 2.55. The van der Waals surface area contributed by atoms with Crippen molar-refractivity contribution in [3.8, 4) is 0 Å².